The summed E-state index contributed by atoms with van der Waals surface area (Å²) in [5.41, 5.74) is 1.21. The Balaban J connectivity index is -0.000000236. The Morgan fingerprint density at radius 1 is 0.650 bits per heavy atom. The minimum atomic E-state index is 0. The van der Waals surface area contributed by atoms with Crippen LogP contribution >= 0.6 is 0 Å². The average molecular weight is 287 g/mol. The van der Waals surface area contributed by atoms with E-state index in [0.717, 1.165) is 0 Å². The van der Waals surface area contributed by atoms with Crippen LogP contribution in [0, 0.1) is 0 Å². The van der Waals surface area contributed by atoms with E-state index in [1.807, 2.05) is 12.1 Å². The van der Waals surface area contributed by atoms with Crippen LogP contribution in [0.4, 0.5) is 0 Å². The van der Waals surface area contributed by atoms with Gasteiger partial charge in [-0.1, -0.05) is 12.1 Å². The molecule has 20 heavy (non-hydrogen) atoms. The molecule has 5 nitrogen and oxygen atoms in total. The molecule has 0 heterocycles. The Hall–Kier alpha value is -1.57. The molecule has 0 aliphatic heterocycles. The predicted octanol–water partition coefficient (Wildman–Crippen LogP) is 1.10. The van der Waals surface area contributed by atoms with Gasteiger partial charge in [0.05, 0.1) is 12.6 Å². The van der Waals surface area contributed by atoms with Crippen LogP contribution in [0.15, 0.2) is 60.7 Å². The average Bonchev–Trinajstić information content (AvgIpc) is 2.51. The third-order valence-corrected chi connectivity index (χ3v) is 1.78. The van der Waals surface area contributed by atoms with Crippen LogP contribution in [0.25, 0.3) is 0 Å². The normalized spacial score (nSPS) is 7.10. The first kappa shape index (κ1) is 23.5. The molecule has 6 heteroatoms. The van der Waals surface area contributed by atoms with Gasteiger partial charge in [-0.05, 0) is 0 Å². The molecule has 0 amide bonds. The first-order valence-electron chi connectivity index (χ1n) is 4.93. The maximum Gasteiger partial charge on any atom is 2.00 e. The first-order chi connectivity index (χ1) is 8.86. The predicted molar refractivity (Wildman–Crippen MR) is 77.1 cm³/mol. The van der Waals surface area contributed by atoms with Gasteiger partial charge in [-0.25, -0.2) is 0 Å². The van der Waals surface area contributed by atoms with Crippen LogP contribution < -0.4 is 0 Å². The summed E-state index contributed by atoms with van der Waals surface area (Å²) < 4.78 is 0. The molecule has 4 N–H and O–H groups in total. The third-order valence-electron chi connectivity index (χ3n) is 1.78. The number of hydrogen-bond donors (Lipinski definition) is 2. The fraction of sp³-hybridized carbons (Fsp3) is 0. The molecule has 0 unspecified atom stereocenters. The summed E-state index contributed by atoms with van der Waals surface area (Å²) in [6, 6.07) is 17.8. The van der Waals surface area contributed by atoms with Crippen molar-refractivity contribution in [2.75, 3.05) is 0 Å². The summed E-state index contributed by atoms with van der Waals surface area (Å²) in [6.45, 7) is 0. The molecule has 0 atom stereocenters. The smallest absolute Gasteiger partial charge is 0.412 e. The van der Waals surface area contributed by atoms with Gasteiger partial charge in [0.25, 0.3) is 0 Å². The maximum atomic E-state index is 9.88. The molecule has 2 rings (SSSR count). The maximum absolute atomic E-state index is 9.88. The van der Waals surface area contributed by atoms with Gasteiger partial charge < -0.3 is 15.1 Å². The number of rotatable bonds is 2. The van der Waals surface area contributed by atoms with E-state index in [2.05, 4.69) is 0 Å². The quantitative estimate of drug-likeness (QED) is 0.373. The van der Waals surface area contributed by atoms with Crippen molar-refractivity contribution in [1.82, 2.24) is 0 Å². The third kappa shape index (κ3) is 11.5. The van der Waals surface area contributed by atoms with Gasteiger partial charge in [0, 0.05) is 0 Å². The molecule has 0 aromatic heterocycles. The van der Waals surface area contributed by atoms with Gasteiger partial charge in [-0.15, -0.1) is 24.3 Å². The van der Waals surface area contributed by atoms with Crippen molar-refractivity contribution >= 4 is 35.6 Å². The molecular formula is C14H14MgO5. The Labute approximate surface area is 133 Å². The summed E-state index contributed by atoms with van der Waals surface area (Å²) in [5, 5.41) is 12.0. The molecule has 0 bridgehead atoms. The SMILES string of the molecule is O.O=[C-]c1ccccc1.O=[C-]c1ccccc1.OO.[Mg+2]. The fourth-order valence-electron chi connectivity index (χ4n) is 1.01. The van der Waals surface area contributed by atoms with Crippen molar-refractivity contribution in [3.05, 3.63) is 71.8 Å². The summed E-state index contributed by atoms with van der Waals surface area (Å²) in [7, 11) is 0. The molecule has 0 saturated heterocycles. The second kappa shape index (κ2) is 17.4. The van der Waals surface area contributed by atoms with Crippen LogP contribution in [0.2, 0.25) is 0 Å². The van der Waals surface area contributed by atoms with E-state index in [4.69, 9.17) is 10.5 Å². The summed E-state index contributed by atoms with van der Waals surface area (Å²) in [6.07, 6.45) is 3.55. The van der Waals surface area contributed by atoms with Gasteiger partial charge in [0.1, 0.15) is 0 Å². The molecule has 2 aromatic rings. The van der Waals surface area contributed by atoms with Gasteiger partial charge in [-0.2, -0.15) is 35.4 Å². The van der Waals surface area contributed by atoms with Crippen LogP contribution in [0.5, 0.6) is 0 Å². The summed E-state index contributed by atoms with van der Waals surface area (Å²) in [4.78, 5) is 19.8. The molecular weight excluding hydrogens is 272 g/mol. The molecule has 102 valence electrons. The van der Waals surface area contributed by atoms with Crippen LogP contribution in [-0.4, -0.2) is 51.6 Å². The molecule has 0 spiro atoms. The van der Waals surface area contributed by atoms with Gasteiger partial charge >= 0.3 is 23.1 Å². The van der Waals surface area contributed by atoms with Crippen molar-refractivity contribution in [2.45, 2.75) is 0 Å². The van der Waals surface area contributed by atoms with Crippen molar-refractivity contribution in [1.29, 1.82) is 0 Å². The first-order valence-corrected chi connectivity index (χ1v) is 4.93. The van der Waals surface area contributed by atoms with E-state index in [-0.39, 0.29) is 28.5 Å². The van der Waals surface area contributed by atoms with Crippen LogP contribution in [0.1, 0.15) is 11.1 Å². The topological polar surface area (TPSA) is 106 Å². The van der Waals surface area contributed by atoms with E-state index in [1.165, 1.54) is 0 Å². The van der Waals surface area contributed by atoms with E-state index in [0.29, 0.717) is 11.1 Å². The second-order valence-corrected chi connectivity index (χ2v) is 2.94. The molecule has 0 aliphatic rings. The molecule has 0 radical (unpaired) electrons. The van der Waals surface area contributed by atoms with Gasteiger partial charge in [0.2, 0.25) is 0 Å². The van der Waals surface area contributed by atoms with E-state index in [9.17, 15) is 9.59 Å². The zero-order chi connectivity index (χ0) is 13.6. The zero-order valence-corrected chi connectivity index (χ0v) is 12.1. The minimum absolute atomic E-state index is 0. The van der Waals surface area contributed by atoms with Crippen molar-refractivity contribution < 1.29 is 25.6 Å². The number of carbonyl (C=O) groups excluding carboxylic acids is 2. The standard InChI is InChI=1S/2C7H5O.Mg.H2O2.H2O/c2*8-6-7-4-2-1-3-5-7;;1-2;/h2*1-5H;;1-2H;1H2/q2*-1;+2;;. The zero-order valence-electron chi connectivity index (χ0n) is 10.7. The van der Waals surface area contributed by atoms with E-state index < -0.39 is 0 Å². The van der Waals surface area contributed by atoms with E-state index >= 15 is 0 Å². The van der Waals surface area contributed by atoms with Gasteiger partial charge in [-0.3, -0.25) is 10.5 Å². The molecule has 0 fully saturated rings. The largest absolute Gasteiger partial charge is 2.00 e. The molecule has 0 saturated carbocycles. The Bertz CT molecular complexity index is 390. The summed E-state index contributed by atoms with van der Waals surface area (Å²) >= 11 is 0. The number of benzene rings is 2. The molecule has 2 aromatic carbocycles. The fourth-order valence-corrected chi connectivity index (χ4v) is 1.01. The van der Waals surface area contributed by atoms with Crippen LogP contribution in [-0.2, 0) is 9.59 Å². The Morgan fingerprint density at radius 2 is 0.900 bits per heavy atom. The minimum Gasteiger partial charge on any atom is -0.412 e. The Kier molecular flexibility index (Phi) is 20.5. The second-order valence-electron chi connectivity index (χ2n) is 2.94. The van der Waals surface area contributed by atoms with E-state index in [1.54, 1.807) is 61.1 Å². The Morgan fingerprint density at radius 3 is 1.05 bits per heavy atom. The number of hydrogen-bond acceptors (Lipinski definition) is 4. The van der Waals surface area contributed by atoms with Crippen LogP contribution in [0.3, 0.4) is 0 Å². The molecule has 0 aliphatic carbocycles. The van der Waals surface area contributed by atoms with Crippen molar-refractivity contribution in [3.63, 3.8) is 0 Å². The van der Waals surface area contributed by atoms with Crippen molar-refractivity contribution in [3.8, 4) is 0 Å². The monoisotopic (exact) mass is 286 g/mol. The summed E-state index contributed by atoms with van der Waals surface area (Å²) in [5.74, 6) is 0. The van der Waals surface area contributed by atoms with Crippen molar-refractivity contribution in [2.24, 2.45) is 0 Å². The van der Waals surface area contributed by atoms with Gasteiger partial charge in [0.15, 0.2) is 0 Å².